The fourth-order valence-electron chi connectivity index (χ4n) is 2.55. The molecule has 1 heterocycles. The second-order valence-electron chi connectivity index (χ2n) is 6.00. The lowest BCUT2D eigenvalue weighted by Crippen LogP contribution is -2.18. The van der Waals surface area contributed by atoms with Crippen LogP contribution in [0.2, 0.25) is 0 Å². The number of pyridine rings is 1. The first-order valence-corrected chi connectivity index (χ1v) is 9.05. The summed E-state index contributed by atoms with van der Waals surface area (Å²) < 4.78 is 10.5. The van der Waals surface area contributed by atoms with Gasteiger partial charge in [0.15, 0.2) is 0 Å². The zero-order valence-corrected chi connectivity index (χ0v) is 16.1. The average molecular weight is 391 g/mol. The van der Waals surface area contributed by atoms with Gasteiger partial charge in [-0.1, -0.05) is 6.07 Å². The molecule has 29 heavy (non-hydrogen) atoms. The van der Waals surface area contributed by atoms with Crippen LogP contribution in [0.25, 0.3) is 0 Å². The molecule has 0 aliphatic rings. The molecule has 0 aliphatic carbocycles. The lowest BCUT2D eigenvalue weighted by molar-refractivity contribution is 0.101. The standard InChI is InChI=1S/C22H21N3O4/c1-3-29-18-13-9-16(10-14-18)24-22(27)20-6-4-5-19(25-20)21(26)23-15-7-11-17(28-2)12-8-15/h4-14H,3H2,1-2H3,(H,23,26)(H,24,27). The maximum Gasteiger partial charge on any atom is 0.274 e. The molecule has 2 N–H and O–H groups in total. The lowest BCUT2D eigenvalue weighted by Gasteiger charge is -2.08. The van der Waals surface area contributed by atoms with Crippen LogP contribution in [0.3, 0.4) is 0 Å². The second-order valence-corrected chi connectivity index (χ2v) is 6.00. The quantitative estimate of drug-likeness (QED) is 0.636. The predicted octanol–water partition coefficient (Wildman–Crippen LogP) is 3.99. The Kier molecular flexibility index (Phi) is 6.42. The molecular weight excluding hydrogens is 370 g/mol. The van der Waals surface area contributed by atoms with Gasteiger partial charge >= 0.3 is 0 Å². The van der Waals surface area contributed by atoms with Gasteiger partial charge in [-0.25, -0.2) is 4.98 Å². The minimum absolute atomic E-state index is 0.139. The summed E-state index contributed by atoms with van der Waals surface area (Å²) in [5.74, 6) is 0.592. The van der Waals surface area contributed by atoms with Gasteiger partial charge in [-0.15, -0.1) is 0 Å². The van der Waals surface area contributed by atoms with Gasteiger partial charge in [0.25, 0.3) is 11.8 Å². The van der Waals surface area contributed by atoms with Crippen LogP contribution in [0.5, 0.6) is 11.5 Å². The molecule has 2 amide bonds. The topological polar surface area (TPSA) is 89.5 Å². The van der Waals surface area contributed by atoms with E-state index < -0.39 is 11.8 Å². The Morgan fingerprint density at radius 1 is 0.793 bits per heavy atom. The van der Waals surface area contributed by atoms with Crippen LogP contribution in [0, 0.1) is 0 Å². The smallest absolute Gasteiger partial charge is 0.274 e. The molecule has 148 valence electrons. The van der Waals surface area contributed by atoms with Crippen molar-refractivity contribution in [3.63, 3.8) is 0 Å². The minimum Gasteiger partial charge on any atom is -0.497 e. The Hall–Kier alpha value is -3.87. The molecule has 0 unspecified atom stereocenters. The highest BCUT2D eigenvalue weighted by Crippen LogP contribution is 2.17. The van der Waals surface area contributed by atoms with Crippen molar-refractivity contribution in [2.45, 2.75) is 6.92 Å². The Bertz CT molecular complexity index is 986. The van der Waals surface area contributed by atoms with E-state index >= 15 is 0 Å². The summed E-state index contributed by atoms with van der Waals surface area (Å²) in [5.41, 5.74) is 1.48. The van der Waals surface area contributed by atoms with E-state index in [0.717, 1.165) is 5.75 Å². The van der Waals surface area contributed by atoms with E-state index in [2.05, 4.69) is 15.6 Å². The van der Waals surface area contributed by atoms with Gasteiger partial charge in [-0.2, -0.15) is 0 Å². The van der Waals surface area contributed by atoms with Crippen molar-refractivity contribution in [3.8, 4) is 11.5 Å². The molecule has 0 spiro atoms. The number of hydrogen-bond acceptors (Lipinski definition) is 5. The Morgan fingerprint density at radius 2 is 1.28 bits per heavy atom. The van der Waals surface area contributed by atoms with Gasteiger partial charge in [0.2, 0.25) is 0 Å². The summed E-state index contributed by atoms with van der Waals surface area (Å²) in [4.78, 5) is 29.1. The average Bonchev–Trinajstić information content (AvgIpc) is 2.76. The highest BCUT2D eigenvalue weighted by atomic mass is 16.5. The summed E-state index contributed by atoms with van der Waals surface area (Å²) in [6.45, 7) is 2.47. The lowest BCUT2D eigenvalue weighted by atomic mass is 10.2. The first-order valence-electron chi connectivity index (χ1n) is 9.05. The molecule has 3 aromatic rings. The first-order chi connectivity index (χ1) is 14.1. The number of carbonyl (C=O) groups is 2. The fraction of sp³-hybridized carbons (Fsp3) is 0.136. The summed E-state index contributed by atoms with van der Waals surface area (Å²) in [6.07, 6.45) is 0. The molecule has 7 heteroatoms. The van der Waals surface area contributed by atoms with Crippen molar-refractivity contribution in [1.29, 1.82) is 0 Å². The van der Waals surface area contributed by atoms with Crippen molar-refractivity contribution in [1.82, 2.24) is 4.98 Å². The monoisotopic (exact) mass is 391 g/mol. The van der Waals surface area contributed by atoms with E-state index in [0.29, 0.717) is 23.7 Å². The van der Waals surface area contributed by atoms with E-state index in [1.165, 1.54) is 0 Å². The van der Waals surface area contributed by atoms with Crippen LogP contribution in [0.15, 0.2) is 66.7 Å². The van der Waals surface area contributed by atoms with Gasteiger partial charge in [-0.3, -0.25) is 9.59 Å². The number of carbonyl (C=O) groups excluding carboxylic acids is 2. The van der Waals surface area contributed by atoms with Crippen LogP contribution in [-0.2, 0) is 0 Å². The second kappa shape index (κ2) is 9.36. The Labute approximate surface area is 168 Å². The van der Waals surface area contributed by atoms with E-state index in [1.54, 1.807) is 73.8 Å². The van der Waals surface area contributed by atoms with Crippen molar-refractivity contribution in [3.05, 3.63) is 78.1 Å². The van der Waals surface area contributed by atoms with Gasteiger partial charge < -0.3 is 20.1 Å². The molecule has 0 aliphatic heterocycles. The summed E-state index contributed by atoms with van der Waals surface area (Å²) in [5, 5.41) is 5.49. The number of aromatic nitrogens is 1. The molecule has 0 radical (unpaired) electrons. The molecule has 7 nitrogen and oxygen atoms in total. The number of benzene rings is 2. The van der Waals surface area contributed by atoms with Crippen LogP contribution >= 0.6 is 0 Å². The van der Waals surface area contributed by atoms with Crippen LogP contribution in [0.1, 0.15) is 27.9 Å². The van der Waals surface area contributed by atoms with Crippen LogP contribution in [0.4, 0.5) is 11.4 Å². The third-order valence-corrected chi connectivity index (χ3v) is 3.99. The molecule has 0 saturated carbocycles. The number of methoxy groups -OCH3 is 1. The SMILES string of the molecule is CCOc1ccc(NC(=O)c2cccc(C(=O)Nc3ccc(OC)cc3)n2)cc1. The first kappa shape index (κ1) is 19.9. The van der Waals surface area contributed by atoms with Gasteiger partial charge in [0, 0.05) is 11.4 Å². The summed E-state index contributed by atoms with van der Waals surface area (Å²) in [6, 6.07) is 18.7. The number of hydrogen-bond donors (Lipinski definition) is 2. The third kappa shape index (κ3) is 5.32. The minimum atomic E-state index is -0.411. The molecule has 3 rings (SSSR count). The number of anilines is 2. The third-order valence-electron chi connectivity index (χ3n) is 3.99. The Morgan fingerprint density at radius 3 is 1.72 bits per heavy atom. The van der Waals surface area contributed by atoms with Crippen molar-refractivity contribution < 1.29 is 19.1 Å². The summed E-state index contributed by atoms with van der Waals surface area (Å²) >= 11 is 0. The summed E-state index contributed by atoms with van der Waals surface area (Å²) in [7, 11) is 1.57. The molecule has 0 fully saturated rings. The molecule has 2 aromatic carbocycles. The van der Waals surface area contributed by atoms with Crippen LogP contribution in [-0.4, -0.2) is 30.5 Å². The van der Waals surface area contributed by atoms with E-state index in [1.807, 2.05) is 6.92 Å². The molecule has 0 atom stereocenters. The van der Waals surface area contributed by atoms with E-state index in [4.69, 9.17) is 9.47 Å². The zero-order valence-electron chi connectivity index (χ0n) is 16.1. The highest BCUT2D eigenvalue weighted by Gasteiger charge is 2.13. The van der Waals surface area contributed by atoms with Crippen molar-refractivity contribution in [2.24, 2.45) is 0 Å². The fourth-order valence-corrected chi connectivity index (χ4v) is 2.55. The maximum absolute atomic E-state index is 12.5. The predicted molar refractivity (Wildman–Crippen MR) is 111 cm³/mol. The maximum atomic E-state index is 12.5. The number of rotatable bonds is 7. The molecular formula is C22H21N3O4. The van der Waals surface area contributed by atoms with Crippen LogP contribution < -0.4 is 20.1 Å². The van der Waals surface area contributed by atoms with Gasteiger partial charge in [-0.05, 0) is 67.6 Å². The largest absolute Gasteiger partial charge is 0.497 e. The number of amides is 2. The van der Waals surface area contributed by atoms with E-state index in [9.17, 15) is 9.59 Å². The highest BCUT2D eigenvalue weighted by molar-refractivity contribution is 6.06. The normalized spacial score (nSPS) is 10.1. The molecule has 0 bridgehead atoms. The van der Waals surface area contributed by atoms with Crippen molar-refractivity contribution in [2.75, 3.05) is 24.4 Å². The molecule has 1 aromatic heterocycles. The van der Waals surface area contributed by atoms with Gasteiger partial charge in [0.05, 0.1) is 13.7 Å². The van der Waals surface area contributed by atoms with Gasteiger partial charge in [0.1, 0.15) is 22.9 Å². The number of ether oxygens (including phenoxy) is 2. The zero-order chi connectivity index (χ0) is 20.6. The van der Waals surface area contributed by atoms with Crippen molar-refractivity contribution >= 4 is 23.2 Å². The molecule has 0 saturated heterocycles. The Balaban J connectivity index is 1.67. The van der Waals surface area contributed by atoms with E-state index in [-0.39, 0.29) is 11.4 Å². The number of nitrogens with zero attached hydrogens (tertiary/aromatic N) is 1. The number of nitrogens with one attached hydrogen (secondary N) is 2.